The van der Waals surface area contributed by atoms with Crippen molar-refractivity contribution in [1.29, 1.82) is 0 Å². The molecule has 1 aliphatic carbocycles. The number of pyridine rings is 1. The van der Waals surface area contributed by atoms with Crippen LogP contribution in [0.25, 0.3) is 5.65 Å². The molecule has 1 aliphatic rings. The van der Waals surface area contributed by atoms with Gasteiger partial charge in [0.2, 0.25) is 0 Å². The van der Waals surface area contributed by atoms with E-state index in [1.807, 2.05) is 0 Å². The average Bonchev–Trinajstić information content (AvgIpc) is 3.27. The fraction of sp³-hybridized carbons (Fsp3) is 0.368. The van der Waals surface area contributed by atoms with Crippen molar-refractivity contribution in [2.75, 3.05) is 6.61 Å². The average molecular weight is 379 g/mol. The van der Waals surface area contributed by atoms with Crippen LogP contribution >= 0.6 is 0 Å². The summed E-state index contributed by atoms with van der Waals surface area (Å²) < 4.78 is 58.1. The summed E-state index contributed by atoms with van der Waals surface area (Å²) in [5.74, 6) is 0.865. The number of hydrogen-bond donors (Lipinski definition) is 0. The van der Waals surface area contributed by atoms with Crippen LogP contribution < -0.4 is 4.74 Å². The van der Waals surface area contributed by atoms with E-state index in [4.69, 9.17) is 4.74 Å². The van der Waals surface area contributed by atoms with Crippen molar-refractivity contribution < 1.29 is 22.3 Å². The zero-order valence-corrected chi connectivity index (χ0v) is 14.5. The molecule has 2 aromatic heterocycles. The number of benzene rings is 1. The third-order valence-corrected chi connectivity index (χ3v) is 4.88. The number of halogens is 4. The SMILES string of the molecule is Cc1c(OC[C@H]2C[C@@H]2c2ccc(F)cc2)ccn2c(CC(F)(F)F)nnc12. The summed E-state index contributed by atoms with van der Waals surface area (Å²) in [5.41, 5.74) is 2.10. The van der Waals surface area contributed by atoms with Crippen LogP contribution in [0.3, 0.4) is 0 Å². The number of aromatic nitrogens is 3. The molecule has 1 fully saturated rings. The Kier molecular flexibility index (Phi) is 4.28. The third-order valence-electron chi connectivity index (χ3n) is 4.88. The highest BCUT2D eigenvalue weighted by Crippen LogP contribution is 2.47. The Morgan fingerprint density at radius 2 is 1.89 bits per heavy atom. The van der Waals surface area contributed by atoms with Gasteiger partial charge < -0.3 is 4.74 Å². The lowest BCUT2D eigenvalue weighted by molar-refractivity contribution is -0.128. The molecule has 0 bridgehead atoms. The Balaban J connectivity index is 1.44. The van der Waals surface area contributed by atoms with Crippen LogP contribution in [0.5, 0.6) is 5.75 Å². The molecule has 0 saturated heterocycles. The summed E-state index contributed by atoms with van der Waals surface area (Å²) in [6.45, 7) is 2.24. The Hall–Kier alpha value is -2.64. The van der Waals surface area contributed by atoms with E-state index in [2.05, 4.69) is 10.2 Å². The number of alkyl halides is 3. The highest BCUT2D eigenvalue weighted by molar-refractivity contribution is 5.54. The number of fused-ring (bicyclic) bond motifs is 1. The molecule has 27 heavy (non-hydrogen) atoms. The second kappa shape index (κ2) is 6.51. The molecule has 0 unspecified atom stereocenters. The first kappa shape index (κ1) is 17.8. The summed E-state index contributed by atoms with van der Waals surface area (Å²) in [4.78, 5) is 0. The van der Waals surface area contributed by atoms with Gasteiger partial charge in [-0.1, -0.05) is 12.1 Å². The topological polar surface area (TPSA) is 39.4 Å². The highest BCUT2D eigenvalue weighted by Gasteiger charge is 2.39. The summed E-state index contributed by atoms with van der Waals surface area (Å²) >= 11 is 0. The molecule has 0 N–H and O–H groups in total. The van der Waals surface area contributed by atoms with E-state index in [9.17, 15) is 17.6 Å². The number of aryl methyl sites for hydroxylation is 1. The quantitative estimate of drug-likeness (QED) is 0.615. The van der Waals surface area contributed by atoms with E-state index in [1.54, 1.807) is 25.1 Å². The predicted molar refractivity (Wildman–Crippen MR) is 90.2 cm³/mol. The van der Waals surface area contributed by atoms with Crippen LogP contribution in [-0.4, -0.2) is 27.4 Å². The Morgan fingerprint density at radius 1 is 1.15 bits per heavy atom. The van der Waals surface area contributed by atoms with Crippen molar-refractivity contribution >= 4 is 5.65 Å². The predicted octanol–water partition coefficient (Wildman–Crippen LogP) is 4.46. The van der Waals surface area contributed by atoms with Crippen LogP contribution in [0.15, 0.2) is 36.5 Å². The summed E-state index contributed by atoms with van der Waals surface area (Å²) in [5, 5.41) is 7.53. The number of hydrogen-bond acceptors (Lipinski definition) is 3. The monoisotopic (exact) mass is 379 g/mol. The van der Waals surface area contributed by atoms with Gasteiger partial charge in [0.25, 0.3) is 0 Å². The minimum Gasteiger partial charge on any atom is -0.493 e. The first-order valence-electron chi connectivity index (χ1n) is 8.60. The lowest BCUT2D eigenvalue weighted by Gasteiger charge is -2.10. The smallest absolute Gasteiger partial charge is 0.396 e. The third kappa shape index (κ3) is 3.74. The van der Waals surface area contributed by atoms with Gasteiger partial charge in [-0.05, 0) is 43.0 Å². The molecule has 2 heterocycles. The molecule has 2 atom stereocenters. The molecule has 142 valence electrons. The van der Waals surface area contributed by atoms with Crippen molar-refractivity contribution in [3.8, 4) is 5.75 Å². The van der Waals surface area contributed by atoms with Crippen molar-refractivity contribution in [2.24, 2.45) is 5.92 Å². The van der Waals surface area contributed by atoms with Gasteiger partial charge in [0.05, 0.1) is 6.61 Å². The van der Waals surface area contributed by atoms with E-state index < -0.39 is 12.6 Å². The van der Waals surface area contributed by atoms with Crippen molar-refractivity contribution in [2.45, 2.75) is 31.9 Å². The molecule has 0 amide bonds. The van der Waals surface area contributed by atoms with Crippen LogP contribution in [0, 0.1) is 18.7 Å². The molecule has 0 spiro atoms. The molecule has 1 aromatic carbocycles. The maximum atomic E-state index is 13.0. The van der Waals surface area contributed by atoms with E-state index in [0.29, 0.717) is 35.4 Å². The van der Waals surface area contributed by atoms with Gasteiger partial charge >= 0.3 is 6.18 Å². The first-order valence-corrected chi connectivity index (χ1v) is 8.60. The normalized spacial score (nSPS) is 19.4. The van der Waals surface area contributed by atoms with Gasteiger partial charge in [-0.15, -0.1) is 10.2 Å². The molecule has 4 nitrogen and oxygen atoms in total. The molecular formula is C19H17F4N3O. The second-order valence-electron chi connectivity index (χ2n) is 6.87. The number of rotatable bonds is 5. The van der Waals surface area contributed by atoms with E-state index >= 15 is 0 Å². The van der Waals surface area contributed by atoms with Crippen LogP contribution in [0.1, 0.15) is 29.3 Å². The zero-order valence-electron chi connectivity index (χ0n) is 14.5. The van der Waals surface area contributed by atoms with Crippen LogP contribution in [-0.2, 0) is 6.42 Å². The van der Waals surface area contributed by atoms with Gasteiger partial charge in [0.1, 0.15) is 23.8 Å². The number of ether oxygens (including phenoxy) is 1. The molecule has 8 heteroatoms. The van der Waals surface area contributed by atoms with Crippen molar-refractivity contribution in [3.63, 3.8) is 0 Å². The molecule has 4 rings (SSSR count). The molecule has 0 aliphatic heterocycles. The maximum Gasteiger partial charge on any atom is 0.396 e. The summed E-state index contributed by atoms with van der Waals surface area (Å²) in [6.07, 6.45) is -3.00. The van der Waals surface area contributed by atoms with E-state index in [0.717, 1.165) is 12.0 Å². The van der Waals surface area contributed by atoms with Gasteiger partial charge in [-0.25, -0.2) is 4.39 Å². The standard InChI is InChI=1S/C19H17F4N3O/c1-11-16(6-7-26-17(9-19(21,22)23)24-25-18(11)26)27-10-13-8-15(13)12-2-4-14(20)5-3-12/h2-7,13,15H,8-10H2,1H3/t13-,15-/m1/s1. The first-order chi connectivity index (χ1) is 12.8. The Bertz CT molecular complexity index is 965. The Labute approximate surface area is 152 Å². The molecular weight excluding hydrogens is 362 g/mol. The van der Waals surface area contributed by atoms with Gasteiger partial charge in [0, 0.05) is 17.7 Å². The lowest BCUT2D eigenvalue weighted by Crippen LogP contribution is -2.14. The van der Waals surface area contributed by atoms with Gasteiger partial charge in [-0.3, -0.25) is 4.40 Å². The lowest BCUT2D eigenvalue weighted by atomic mass is 10.1. The summed E-state index contributed by atoms with van der Waals surface area (Å²) in [6, 6.07) is 8.12. The van der Waals surface area contributed by atoms with Crippen molar-refractivity contribution in [3.05, 3.63) is 59.3 Å². The van der Waals surface area contributed by atoms with E-state index in [-0.39, 0.29) is 11.6 Å². The fourth-order valence-corrected chi connectivity index (χ4v) is 3.32. The fourth-order valence-electron chi connectivity index (χ4n) is 3.32. The molecule has 1 saturated carbocycles. The summed E-state index contributed by atoms with van der Waals surface area (Å²) in [7, 11) is 0. The van der Waals surface area contributed by atoms with Crippen LogP contribution in [0.2, 0.25) is 0 Å². The van der Waals surface area contributed by atoms with Gasteiger partial charge in [-0.2, -0.15) is 13.2 Å². The minimum absolute atomic E-state index is 0.147. The Morgan fingerprint density at radius 3 is 2.59 bits per heavy atom. The molecule has 0 radical (unpaired) electrons. The largest absolute Gasteiger partial charge is 0.493 e. The minimum atomic E-state index is -4.34. The highest BCUT2D eigenvalue weighted by atomic mass is 19.4. The second-order valence-corrected chi connectivity index (χ2v) is 6.87. The van der Waals surface area contributed by atoms with Crippen LogP contribution in [0.4, 0.5) is 17.6 Å². The zero-order chi connectivity index (χ0) is 19.2. The number of nitrogens with zero attached hydrogens (tertiary/aromatic N) is 3. The van der Waals surface area contributed by atoms with E-state index in [1.165, 1.54) is 22.7 Å². The maximum absolute atomic E-state index is 13.0. The molecule has 3 aromatic rings. The van der Waals surface area contributed by atoms with Crippen molar-refractivity contribution in [1.82, 2.24) is 14.6 Å². The van der Waals surface area contributed by atoms with Gasteiger partial charge in [0.15, 0.2) is 5.65 Å².